The van der Waals surface area contributed by atoms with Gasteiger partial charge in [0.2, 0.25) is 0 Å². The maximum atomic E-state index is 12.4. The Morgan fingerprint density at radius 1 is 0.548 bits per heavy atom. The molecule has 1 heterocycles. The van der Waals surface area contributed by atoms with Crippen LogP contribution in [0.25, 0.3) is 0 Å². The number of Topliss-reactive ketones (excluding diaryl/α,β-unsaturated/α-hetero) is 9. The largest absolute Gasteiger partial charge is 0.300 e. The van der Waals surface area contributed by atoms with Crippen molar-refractivity contribution in [1.82, 2.24) is 16.0 Å². The minimum absolute atomic E-state index is 0.0384. The molecule has 2 rings (SSSR count). The van der Waals surface area contributed by atoms with E-state index in [0.29, 0.717) is 16.7 Å². The second-order valence-electron chi connectivity index (χ2n) is 10.4. The molecule has 42 heavy (non-hydrogen) atoms. The highest BCUT2D eigenvalue weighted by atomic mass is 16.2. The number of carbonyl (C=O) groups is 9. The third-order valence-corrected chi connectivity index (χ3v) is 6.36. The highest BCUT2D eigenvalue weighted by molar-refractivity contribution is 6.07. The summed E-state index contributed by atoms with van der Waals surface area (Å²) in [5.74, 6) is -3.56. The maximum absolute atomic E-state index is 12.4. The van der Waals surface area contributed by atoms with Crippen molar-refractivity contribution in [3.63, 3.8) is 0 Å². The molecule has 1 aromatic rings. The van der Waals surface area contributed by atoms with E-state index in [0.717, 1.165) is 0 Å². The first-order chi connectivity index (χ1) is 19.5. The number of hydrogen-bond acceptors (Lipinski definition) is 12. The molecule has 0 radical (unpaired) electrons. The van der Waals surface area contributed by atoms with Crippen molar-refractivity contribution in [2.75, 3.05) is 19.6 Å². The zero-order valence-electron chi connectivity index (χ0n) is 24.9. The first-order valence-electron chi connectivity index (χ1n) is 13.5. The highest BCUT2D eigenvalue weighted by Crippen LogP contribution is 2.13. The predicted octanol–water partition coefficient (Wildman–Crippen LogP) is 1.02. The van der Waals surface area contributed by atoms with E-state index in [1.807, 2.05) is 0 Å². The average molecular weight is 586 g/mol. The molecule has 1 saturated heterocycles. The molecule has 3 N–H and O–H groups in total. The van der Waals surface area contributed by atoms with Gasteiger partial charge < -0.3 is 5.32 Å². The van der Waals surface area contributed by atoms with E-state index in [-0.39, 0.29) is 79.4 Å². The summed E-state index contributed by atoms with van der Waals surface area (Å²) in [7, 11) is 0. The normalized spacial score (nSPS) is 19.9. The van der Waals surface area contributed by atoms with Crippen LogP contribution in [-0.2, 0) is 28.8 Å². The van der Waals surface area contributed by atoms with Crippen molar-refractivity contribution in [3.8, 4) is 0 Å². The molecule has 0 amide bonds. The fourth-order valence-corrected chi connectivity index (χ4v) is 4.06. The molecule has 0 spiro atoms. The fraction of sp³-hybridized carbons (Fsp3) is 0.500. The lowest BCUT2D eigenvalue weighted by Crippen LogP contribution is -2.53. The van der Waals surface area contributed by atoms with Gasteiger partial charge in [-0.05, 0) is 59.7 Å². The Balaban J connectivity index is 0.000000495. The molecular formula is C30H39N3O9. The lowest BCUT2D eigenvalue weighted by atomic mass is 9.92. The van der Waals surface area contributed by atoms with Crippen LogP contribution in [0.1, 0.15) is 91.9 Å². The summed E-state index contributed by atoms with van der Waals surface area (Å²) in [5.41, 5.74) is 1.19. The minimum atomic E-state index is -1.13. The van der Waals surface area contributed by atoms with Crippen molar-refractivity contribution in [2.24, 2.45) is 5.92 Å². The Bertz CT molecular complexity index is 1190. The van der Waals surface area contributed by atoms with Gasteiger partial charge in [-0.1, -0.05) is 0 Å². The Morgan fingerprint density at radius 2 is 0.905 bits per heavy atom. The molecule has 1 aliphatic heterocycles. The molecule has 1 fully saturated rings. The van der Waals surface area contributed by atoms with Crippen LogP contribution in [0.5, 0.6) is 0 Å². The SMILES string of the molecule is CC(=O)CC1NCC(=O)C(CC(C)=O)NCC(=O)C(CC(C)=O)C(=O)CN1.CC(=O)c1cc(C(C)=O)cc(C(C)=O)c1. The van der Waals surface area contributed by atoms with E-state index in [9.17, 15) is 43.2 Å². The van der Waals surface area contributed by atoms with Crippen molar-refractivity contribution in [3.05, 3.63) is 34.9 Å². The Hall–Kier alpha value is -3.87. The average Bonchev–Trinajstić information content (AvgIpc) is 2.89. The van der Waals surface area contributed by atoms with Gasteiger partial charge in [0.1, 0.15) is 17.3 Å². The third kappa shape index (κ3) is 12.8. The molecule has 3 unspecified atom stereocenters. The number of hydrogen-bond donors (Lipinski definition) is 3. The molecule has 0 saturated carbocycles. The van der Waals surface area contributed by atoms with Gasteiger partial charge in [0, 0.05) is 36.0 Å². The number of ketones is 9. The van der Waals surface area contributed by atoms with Crippen LogP contribution in [0, 0.1) is 5.92 Å². The topological polar surface area (TPSA) is 190 Å². The van der Waals surface area contributed by atoms with Crippen molar-refractivity contribution >= 4 is 52.0 Å². The van der Waals surface area contributed by atoms with Crippen molar-refractivity contribution < 1.29 is 43.2 Å². The zero-order chi connectivity index (χ0) is 32.1. The predicted molar refractivity (Wildman–Crippen MR) is 152 cm³/mol. The Morgan fingerprint density at radius 3 is 1.26 bits per heavy atom. The molecular weight excluding hydrogens is 546 g/mol. The lowest BCUT2D eigenvalue weighted by molar-refractivity contribution is -0.136. The van der Waals surface area contributed by atoms with Crippen LogP contribution < -0.4 is 16.0 Å². The fourth-order valence-electron chi connectivity index (χ4n) is 4.06. The molecule has 0 aromatic heterocycles. The lowest BCUT2D eigenvalue weighted by Gasteiger charge is -2.24. The summed E-state index contributed by atoms with van der Waals surface area (Å²) in [6.45, 7) is 7.60. The summed E-state index contributed by atoms with van der Waals surface area (Å²) >= 11 is 0. The second-order valence-corrected chi connectivity index (χ2v) is 10.4. The van der Waals surface area contributed by atoms with Gasteiger partial charge in [0.15, 0.2) is 34.7 Å². The van der Waals surface area contributed by atoms with Gasteiger partial charge in [0.05, 0.1) is 37.8 Å². The Kier molecular flexibility index (Phi) is 14.8. The molecule has 1 aliphatic rings. The summed E-state index contributed by atoms with van der Waals surface area (Å²) < 4.78 is 0. The van der Waals surface area contributed by atoms with Crippen LogP contribution >= 0.6 is 0 Å². The summed E-state index contributed by atoms with van der Waals surface area (Å²) in [5, 5.41) is 8.44. The molecule has 0 bridgehead atoms. The second kappa shape index (κ2) is 17.2. The van der Waals surface area contributed by atoms with Crippen LogP contribution in [0.4, 0.5) is 0 Å². The maximum Gasteiger partial charge on any atom is 0.163 e. The number of benzene rings is 1. The summed E-state index contributed by atoms with van der Waals surface area (Å²) in [4.78, 5) is 105. The first-order valence-corrected chi connectivity index (χ1v) is 13.5. The van der Waals surface area contributed by atoms with E-state index >= 15 is 0 Å². The van der Waals surface area contributed by atoms with Crippen LogP contribution in [0.2, 0.25) is 0 Å². The molecule has 12 nitrogen and oxygen atoms in total. The van der Waals surface area contributed by atoms with Gasteiger partial charge in [-0.2, -0.15) is 0 Å². The summed E-state index contributed by atoms with van der Waals surface area (Å²) in [6, 6.07) is 3.65. The smallest absolute Gasteiger partial charge is 0.163 e. The van der Waals surface area contributed by atoms with Gasteiger partial charge >= 0.3 is 0 Å². The van der Waals surface area contributed by atoms with E-state index in [1.54, 1.807) is 0 Å². The van der Waals surface area contributed by atoms with Crippen LogP contribution in [0.3, 0.4) is 0 Å². The monoisotopic (exact) mass is 585 g/mol. The van der Waals surface area contributed by atoms with Gasteiger partial charge in [-0.3, -0.25) is 53.8 Å². The third-order valence-electron chi connectivity index (χ3n) is 6.36. The number of carbonyl (C=O) groups excluding carboxylic acids is 9. The van der Waals surface area contributed by atoms with Crippen LogP contribution in [0.15, 0.2) is 18.2 Å². The van der Waals surface area contributed by atoms with E-state index in [2.05, 4.69) is 16.0 Å². The standard InChI is InChI=1S/C18H27N3O6.C12H12O3/c1-10(22)4-13-15(25)7-19-14(5-11(2)23)17(27)9-21-18(6-12(3)24)20-8-16(13)26;1-7(13)10-4-11(8(2)14)6-12(5-10)9(3)15/h13-14,18-21H,4-9H2,1-3H3;4-6H,1-3H3. The molecule has 0 aliphatic carbocycles. The Labute approximate surface area is 244 Å². The number of nitrogens with one attached hydrogen (secondary N) is 3. The van der Waals surface area contributed by atoms with Gasteiger partial charge in [0.25, 0.3) is 0 Å². The number of rotatable bonds is 9. The first kappa shape index (κ1) is 36.2. The molecule has 228 valence electrons. The quantitative estimate of drug-likeness (QED) is 0.276. The molecule has 12 heteroatoms. The van der Waals surface area contributed by atoms with E-state index in [4.69, 9.17) is 0 Å². The van der Waals surface area contributed by atoms with Gasteiger partial charge in [-0.15, -0.1) is 0 Å². The van der Waals surface area contributed by atoms with Crippen LogP contribution in [-0.4, -0.2) is 83.9 Å². The molecule has 1 aromatic carbocycles. The zero-order valence-corrected chi connectivity index (χ0v) is 24.9. The van der Waals surface area contributed by atoms with Crippen molar-refractivity contribution in [2.45, 2.75) is 73.0 Å². The molecule has 3 atom stereocenters. The minimum Gasteiger partial charge on any atom is -0.300 e. The van der Waals surface area contributed by atoms with Gasteiger partial charge in [-0.25, -0.2) is 0 Å². The van der Waals surface area contributed by atoms with Crippen molar-refractivity contribution in [1.29, 1.82) is 0 Å². The van der Waals surface area contributed by atoms with E-state index < -0.39 is 29.7 Å². The highest BCUT2D eigenvalue weighted by Gasteiger charge is 2.30. The van der Waals surface area contributed by atoms with E-state index in [1.165, 1.54) is 59.7 Å². The summed E-state index contributed by atoms with van der Waals surface area (Å²) in [6.07, 6.45) is -0.918.